The number of carbonyl (C=O) groups excluding carboxylic acids is 1. The van der Waals surface area contributed by atoms with Gasteiger partial charge in [0.05, 0.1) is 12.0 Å². The summed E-state index contributed by atoms with van der Waals surface area (Å²) < 4.78 is 17.1. The van der Waals surface area contributed by atoms with Gasteiger partial charge < -0.3 is 18.8 Å². The molecule has 2 aromatic rings. The fraction of sp³-hybridized carbons (Fsp3) is 0.500. The van der Waals surface area contributed by atoms with E-state index in [1.807, 2.05) is 17.9 Å². The zero-order chi connectivity index (χ0) is 17.1. The molecule has 1 aliphatic carbocycles. The minimum Gasteiger partial charge on any atom is -0.490 e. The van der Waals surface area contributed by atoms with E-state index in [4.69, 9.17) is 13.9 Å². The van der Waals surface area contributed by atoms with Crippen LogP contribution in [-0.2, 0) is 4.74 Å². The van der Waals surface area contributed by atoms with Gasteiger partial charge in [0.15, 0.2) is 4.67 Å². The predicted molar refractivity (Wildman–Crippen MR) is 95.6 cm³/mol. The number of nitrogens with zero attached hydrogens (tertiary/aromatic N) is 1. The summed E-state index contributed by atoms with van der Waals surface area (Å²) in [6, 6.07) is 5.45. The first kappa shape index (κ1) is 17.3. The molecular formula is C18H22BrNO4. The molecule has 0 spiro atoms. The van der Waals surface area contributed by atoms with Crippen molar-refractivity contribution < 1.29 is 18.7 Å². The maximum Gasteiger partial charge on any atom is 0.254 e. The number of ether oxygens (including phenoxy) is 2. The molecule has 0 bridgehead atoms. The number of fused-ring (bicyclic) bond motifs is 1. The van der Waals surface area contributed by atoms with Crippen LogP contribution in [0.4, 0.5) is 0 Å². The number of benzene rings is 1. The lowest BCUT2D eigenvalue weighted by molar-refractivity contribution is 0.0756. The van der Waals surface area contributed by atoms with Crippen LogP contribution in [0, 0.1) is 5.92 Å². The average Bonchev–Trinajstić information content (AvgIpc) is 3.31. The Morgan fingerprint density at radius 3 is 2.79 bits per heavy atom. The van der Waals surface area contributed by atoms with Crippen molar-refractivity contribution in [3.8, 4) is 5.75 Å². The first-order valence-electron chi connectivity index (χ1n) is 8.26. The number of hydrogen-bond donors (Lipinski definition) is 0. The molecule has 1 aromatic heterocycles. The van der Waals surface area contributed by atoms with Gasteiger partial charge in [-0.2, -0.15) is 0 Å². The minimum atomic E-state index is 0.0235. The van der Waals surface area contributed by atoms with Gasteiger partial charge in [0.25, 0.3) is 5.91 Å². The van der Waals surface area contributed by atoms with Gasteiger partial charge in [0.1, 0.15) is 17.9 Å². The second-order valence-electron chi connectivity index (χ2n) is 6.07. The summed E-state index contributed by atoms with van der Waals surface area (Å²) in [6.07, 6.45) is 2.44. The number of halogens is 1. The van der Waals surface area contributed by atoms with Gasteiger partial charge in [-0.15, -0.1) is 0 Å². The van der Waals surface area contributed by atoms with Crippen molar-refractivity contribution in [3.05, 3.63) is 28.4 Å². The number of furan rings is 1. The molecule has 24 heavy (non-hydrogen) atoms. The number of amides is 1. The molecule has 0 aliphatic heterocycles. The van der Waals surface area contributed by atoms with Gasteiger partial charge in [0.2, 0.25) is 0 Å². The Labute approximate surface area is 150 Å². The third-order valence-corrected chi connectivity index (χ3v) is 4.60. The number of hydrogen-bond acceptors (Lipinski definition) is 4. The van der Waals surface area contributed by atoms with E-state index in [1.165, 1.54) is 12.8 Å². The van der Waals surface area contributed by atoms with Crippen molar-refractivity contribution in [2.75, 3.05) is 33.4 Å². The molecule has 1 amide bonds. The van der Waals surface area contributed by atoms with Crippen LogP contribution in [0.15, 0.2) is 27.3 Å². The highest BCUT2D eigenvalue weighted by Crippen LogP contribution is 2.34. The van der Waals surface area contributed by atoms with E-state index in [-0.39, 0.29) is 5.91 Å². The van der Waals surface area contributed by atoms with E-state index in [1.54, 1.807) is 19.2 Å². The fourth-order valence-electron chi connectivity index (χ4n) is 2.70. The standard InChI is InChI=1S/C18H22BrNO4/c1-3-20(11-12-4-5-12)18(21)13-8-15(23-7-6-22-2)14-10-17(19)24-16(14)9-13/h8-10,12H,3-7,11H2,1-2H3. The van der Waals surface area contributed by atoms with Gasteiger partial charge in [-0.1, -0.05) is 0 Å². The summed E-state index contributed by atoms with van der Waals surface area (Å²) in [5.41, 5.74) is 1.24. The van der Waals surface area contributed by atoms with Crippen molar-refractivity contribution in [3.63, 3.8) is 0 Å². The first-order chi connectivity index (χ1) is 11.6. The molecule has 0 atom stereocenters. The lowest BCUT2D eigenvalue weighted by atomic mass is 10.1. The van der Waals surface area contributed by atoms with E-state index >= 15 is 0 Å². The van der Waals surface area contributed by atoms with Gasteiger partial charge >= 0.3 is 0 Å². The van der Waals surface area contributed by atoms with E-state index in [9.17, 15) is 4.79 Å². The molecule has 3 rings (SSSR count). The summed E-state index contributed by atoms with van der Waals surface area (Å²) in [5, 5.41) is 0.847. The smallest absolute Gasteiger partial charge is 0.254 e. The molecule has 1 fully saturated rings. The third kappa shape index (κ3) is 3.92. The van der Waals surface area contributed by atoms with Crippen molar-refractivity contribution in [2.24, 2.45) is 5.92 Å². The van der Waals surface area contributed by atoms with Gasteiger partial charge in [-0.05, 0) is 53.7 Å². The Hall–Kier alpha value is -1.53. The third-order valence-electron chi connectivity index (χ3n) is 4.21. The molecule has 1 aromatic carbocycles. The van der Waals surface area contributed by atoms with Crippen molar-refractivity contribution >= 4 is 32.8 Å². The molecule has 5 nitrogen and oxygen atoms in total. The normalized spacial score (nSPS) is 14.1. The van der Waals surface area contributed by atoms with Crippen LogP contribution in [-0.4, -0.2) is 44.2 Å². The molecular weight excluding hydrogens is 374 g/mol. The molecule has 1 heterocycles. The van der Waals surface area contributed by atoms with Crippen LogP contribution in [0.2, 0.25) is 0 Å². The van der Waals surface area contributed by atoms with E-state index in [2.05, 4.69) is 15.9 Å². The Morgan fingerprint density at radius 1 is 1.33 bits per heavy atom. The minimum absolute atomic E-state index is 0.0235. The highest BCUT2D eigenvalue weighted by molar-refractivity contribution is 9.10. The highest BCUT2D eigenvalue weighted by Gasteiger charge is 2.27. The Kier molecular flexibility index (Phi) is 5.46. The van der Waals surface area contributed by atoms with Crippen LogP contribution < -0.4 is 4.74 Å². The SMILES string of the molecule is CCN(CC1CC1)C(=O)c1cc(OCCOC)c2cc(Br)oc2c1. The fourth-order valence-corrected chi connectivity index (χ4v) is 3.11. The van der Waals surface area contributed by atoms with Crippen LogP contribution in [0.5, 0.6) is 5.75 Å². The average molecular weight is 396 g/mol. The summed E-state index contributed by atoms with van der Waals surface area (Å²) >= 11 is 3.34. The summed E-state index contributed by atoms with van der Waals surface area (Å²) in [6.45, 7) is 4.45. The molecule has 1 saturated carbocycles. The van der Waals surface area contributed by atoms with E-state index in [0.29, 0.717) is 47.2 Å². The summed E-state index contributed by atoms with van der Waals surface area (Å²) in [5.74, 6) is 1.33. The van der Waals surface area contributed by atoms with Crippen LogP contribution >= 0.6 is 15.9 Å². The van der Waals surface area contributed by atoms with Crippen LogP contribution in [0.3, 0.4) is 0 Å². The van der Waals surface area contributed by atoms with Crippen molar-refractivity contribution in [1.29, 1.82) is 0 Å². The zero-order valence-corrected chi connectivity index (χ0v) is 15.6. The van der Waals surface area contributed by atoms with Gasteiger partial charge in [-0.25, -0.2) is 0 Å². The number of methoxy groups -OCH3 is 1. The monoisotopic (exact) mass is 395 g/mol. The first-order valence-corrected chi connectivity index (χ1v) is 9.05. The Bertz CT molecular complexity index is 723. The lowest BCUT2D eigenvalue weighted by Crippen LogP contribution is -2.32. The van der Waals surface area contributed by atoms with Crippen LogP contribution in [0.1, 0.15) is 30.1 Å². The van der Waals surface area contributed by atoms with Crippen molar-refractivity contribution in [2.45, 2.75) is 19.8 Å². The molecule has 0 radical (unpaired) electrons. The quantitative estimate of drug-likeness (QED) is 0.631. The molecule has 0 saturated heterocycles. The summed E-state index contributed by atoms with van der Waals surface area (Å²) in [7, 11) is 1.63. The second-order valence-corrected chi connectivity index (χ2v) is 6.85. The van der Waals surface area contributed by atoms with Gasteiger partial charge in [-0.3, -0.25) is 4.79 Å². The lowest BCUT2D eigenvalue weighted by Gasteiger charge is -2.21. The Morgan fingerprint density at radius 2 is 2.12 bits per heavy atom. The molecule has 0 N–H and O–H groups in total. The highest BCUT2D eigenvalue weighted by atomic mass is 79.9. The number of rotatable bonds is 8. The second kappa shape index (κ2) is 7.57. The molecule has 6 heteroatoms. The molecule has 1 aliphatic rings. The van der Waals surface area contributed by atoms with Gasteiger partial charge in [0, 0.05) is 31.8 Å². The van der Waals surface area contributed by atoms with Crippen LogP contribution in [0.25, 0.3) is 11.0 Å². The molecule has 0 unspecified atom stereocenters. The molecule has 130 valence electrons. The Balaban J connectivity index is 1.89. The van der Waals surface area contributed by atoms with E-state index in [0.717, 1.165) is 11.9 Å². The maximum absolute atomic E-state index is 12.9. The topological polar surface area (TPSA) is 51.9 Å². The summed E-state index contributed by atoms with van der Waals surface area (Å²) in [4.78, 5) is 14.8. The van der Waals surface area contributed by atoms with E-state index < -0.39 is 0 Å². The number of carbonyl (C=O) groups is 1. The predicted octanol–water partition coefficient (Wildman–Crippen LogP) is 4.09. The largest absolute Gasteiger partial charge is 0.490 e. The maximum atomic E-state index is 12.9. The van der Waals surface area contributed by atoms with Crippen molar-refractivity contribution in [1.82, 2.24) is 4.90 Å². The zero-order valence-electron chi connectivity index (χ0n) is 14.0.